The third kappa shape index (κ3) is 48.1. The van der Waals surface area contributed by atoms with Gasteiger partial charge >= 0.3 is 17.9 Å². The quantitative estimate of drug-likeness (QED) is 0.0262. The Kier molecular flexibility index (Phi) is 48.4. The molecule has 0 N–H and O–H groups in total. The van der Waals surface area contributed by atoms with Gasteiger partial charge in [0, 0.05) is 19.3 Å². The van der Waals surface area contributed by atoms with Crippen molar-refractivity contribution in [3.8, 4) is 0 Å². The van der Waals surface area contributed by atoms with Crippen molar-refractivity contribution in [3.05, 3.63) is 60.8 Å². The fourth-order valence-corrected chi connectivity index (χ4v) is 7.27. The Morgan fingerprint density at radius 1 is 0.339 bits per heavy atom. The van der Waals surface area contributed by atoms with Gasteiger partial charge in [-0.25, -0.2) is 0 Å². The summed E-state index contributed by atoms with van der Waals surface area (Å²) in [6, 6.07) is 0. The fourth-order valence-electron chi connectivity index (χ4n) is 7.27. The van der Waals surface area contributed by atoms with Gasteiger partial charge in [-0.15, -0.1) is 0 Å². The second-order valence-electron chi connectivity index (χ2n) is 17.4. The average molecular weight is 867 g/mol. The van der Waals surface area contributed by atoms with Crippen LogP contribution in [0.15, 0.2) is 60.8 Å². The van der Waals surface area contributed by atoms with E-state index in [1.165, 1.54) is 116 Å². The molecule has 0 aromatic rings. The van der Waals surface area contributed by atoms with Gasteiger partial charge in [0.15, 0.2) is 6.10 Å². The molecule has 0 radical (unpaired) electrons. The SMILES string of the molecule is CC/C=C/C/C=C/C/C=C/CCCCCCCC(=O)OC[C@@H](COC(=O)CCCCCCC/C=C/CCCCCCC)OC(=O)CCCCCCCCC/C=C/CCCCCC. The topological polar surface area (TPSA) is 78.9 Å². The molecule has 358 valence electrons. The normalized spacial score (nSPS) is 12.5. The third-order valence-corrected chi connectivity index (χ3v) is 11.2. The Hall–Kier alpha value is -2.89. The summed E-state index contributed by atoms with van der Waals surface area (Å²) in [5, 5.41) is 0. The van der Waals surface area contributed by atoms with Crippen LogP contribution in [0.2, 0.25) is 0 Å². The summed E-state index contributed by atoms with van der Waals surface area (Å²) in [6.45, 7) is 6.49. The van der Waals surface area contributed by atoms with E-state index < -0.39 is 6.10 Å². The molecular weight excluding hydrogens is 769 g/mol. The maximum atomic E-state index is 12.8. The molecule has 0 fully saturated rings. The first-order valence-corrected chi connectivity index (χ1v) is 26.3. The molecule has 0 rings (SSSR count). The highest BCUT2D eigenvalue weighted by Crippen LogP contribution is 2.14. The van der Waals surface area contributed by atoms with Crippen molar-refractivity contribution >= 4 is 17.9 Å². The highest BCUT2D eigenvalue weighted by molar-refractivity contribution is 5.71. The van der Waals surface area contributed by atoms with Gasteiger partial charge < -0.3 is 14.2 Å². The van der Waals surface area contributed by atoms with E-state index in [1.54, 1.807) is 0 Å². The van der Waals surface area contributed by atoms with Crippen molar-refractivity contribution in [1.29, 1.82) is 0 Å². The van der Waals surface area contributed by atoms with Crippen molar-refractivity contribution in [2.45, 2.75) is 264 Å². The Morgan fingerprint density at radius 3 is 1.02 bits per heavy atom. The first-order chi connectivity index (χ1) is 30.5. The predicted octanol–water partition coefficient (Wildman–Crippen LogP) is 17.3. The van der Waals surface area contributed by atoms with E-state index >= 15 is 0 Å². The first kappa shape index (κ1) is 59.1. The zero-order chi connectivity index (χ0) is 45.1. The lowest BCUT2D eigenvalue weighted by Crippen LogP contribution is -2.30. The third-order valence-electron chi connectivity index (χ3n) is 11.2. The molecule has 62 heavy (non-hydrogen) atoms. The molecule has 0 heterocycles. The molecule has 6 heteroatoms. The van der Waals surface area contributed by atoms with Gasteiger partial charge in [0.05, 0.1) is 0 Å². The molecule has 0 spiro atoms. The molecule has 0 saturated carbocycles. The second-order valence-corrected chi connectivity index (χ2v) is 17.4. The minimum absolute atomic E-state index is 0.0854. The van der Waals surface area contributed by atoms with Gasteiger partial charge in [0.2, 0.25) is 0 Å². The van der Waals surface area contributed by atoms with Gasteiger partial charge in [-0.1, -0.05) is 197 Å². The summed E-state index contributed by atoms with van der Waals surface area (Å²) in [6.07, 6.45) is 62.0. The summed E-state index contributed by atoms with van der Waals surface area (Å²) in [5.74, 6) is -0.910. The minimum atomic E-state index is -0.786. The number of carbonyl (C=O) groups is 3. The average Bonchev–Trinajstić information content (AvgIpc) is 3.27. The zero-order valence-corrected chi connectivity index (χ0v) is 40.9. The molecule has 0 aliphatic heterocycles. The number of unbranched alkanes of at least 4 members (excludes halogenated alkanes) is 26. The molecule has 6 nitrogen and oxygen atoms in total. The number of carbonyl (C=O) groups excluding carboxylic acids is 3. The molecule has 0 aliphatic rings. The van der Waals surface area contributed by atoms with Crippen molar-refractivity contribution in [3.63, 3.8) is 0 Å². The standard InChI is InChI=1S/C56H98O6/c1-4-7-10-13-16-19-22-25-28-31-34-37-40-43-46-49-55(58)61-52-53(51-60-54(57)48-45-42-39-36-33-30-27-24-21-18-15-12-9-6-3)62-56(59)50-47-44-41-38-35-32-29-26-23-20-17-14-11-8-5-2/h7,10,16,19-20,23-25,27-28,53H,4-6,8-9,11-15,17-18,21-22,26,29-52H2,1-3H3/b10-7+,19-16+,23-20+,27-24+,28-25+/t53-/m1/s1. The lowest BCUT2D eigenvalue weighted by molar-refractivity contribution is -0.167. The molecule has 1 atom stereocenters. The van der Waals surface area contributed by atoms with E-state index in [0.717, 1.165) is 103 Å². The zero-order valence-electron chi connectivity index (χ0n) is 40.9. The summed E-state index contributed by atoms with van der Waals surface area (Å²) in [4.78, 5) is 38.0. The Morgan fingerprint density at radius 2 is 0.629 bits per heavy atom. The summed E-state index contributed by atoms with van der Waals surface area (Å²) >= 11 is 0. The molecular formula is C56H98O6. The second kappa shape index (κ2) is 50.8. The largest absolute Gasteiger partial charge is 0.462 e. The maximum Gasteiger partial charge on any atom is 0.306 e. The molecule has 0 aliphatic carbocycles. The summed E-state index contributed by atoms with van der Waals surface area (Å²) in [7, 11) is 0. The van der Waals surface area contributed by atoms with E-state index in [9.17, 15) is 14.4 Å². The lowest BCUT2D eigenvalue weighted by atomic mass is 10.1. The Balaban J connectivity index is 4.42. The number of esters is 3. The van der Waals surface area contributed by atoms with E-state index in [2.05, 4.69) is 81.5 Å². The number of ether oxygens (including phenoxy) is 3. The molecule has 0 bridgehead atoms. The number of allylic oxidation sites excluding steroid dienone is 10. The van der Waals surface area contributed by atoms with Crippen LogP contribution in [0, 0.1) is 0 Å². The number of hydrogen-bond acceptors (Lipinski definition) is 6. The monoisotopic (exact) mass is 867 g/mol. The lowest BCUT2D eigenvalue weighted by Gasteiger charge is -2.18. The van der Waals surface area contributed by atoms with Crippen LogP contribution in [0.1, 0.15) is 258 Å². The van der Waals surface area contributed by atoms with E-state index in [-0.39, 0.29) is 31.1 Å². The minimum Gasteiger partial charge on any atom is -0.462 e. The Bertz CT molecular complexity index is 1130. The summed E-state index contributed by atoms with van der Waals surface area (Å²) in [5.41, 5.74) is 0. The molecule has 0 unspecified atom stereocenters. The van der Waals surface area contributed by atoms with Crippen LogP contribution in [-0.4, -0.2) is 37.2 Å². The van der Waals surface area contributed by atoms with Crippen LogP contribution in [0.5, 0.6) is 0 Å². The highest BCUT2D eigenvalue weighted by Gasteiger charge is 2.19. The van der Waals surface area contributed by atoms with Crippen molar-refractivity contribution in [1.82, 2.24) is 0 Å². The van der Waals surface area contributed by atoms with Gasteiger partial charge in [-0.3, -0.25) is 14.4 Å². The van der Waals surface area contributed by atoms with E-state index in [1.807, 2.05) is 0 Å². The number of hydrogen-bond donors (Lipinski definition) is 0. The first-order valence-electron chi connectivity index (χ1n) is 26.3. The molecule has 0 aromatic heterocycles. The van der Waals surface area contributed by atoms with Crippen LogP contribution in [0.4, 0.5) is 0 Å². The fraction of sp³-hybridized carbons (Fsp3) is 0.768. The molecule has 0 aromatic carbocycles. The van der Waals surface area contributed by atoms with Crippen molar-refractivity contribution in [2.75, 3.05) is 13.2 Å². The van der Waals surface area contributed by atoms with Crippen LogP contribution >= 0.6 is 0 Å². The predicted molar refractivity (Wildman–Crippen MR) is 265 cm³/mol. The van der Waals surface area contributed by atoms with E-state index in [4.69, 9.17) is 14.2 Å². The maximum absolute atomic E-state index is 12.8. The van der Waals surface area contributed by atoms with Crippen LogP contribution in [-0.2, 0) is 28.6 Å². The van der Waals surface area contributed by atoms with Gasteiger partial charge in [-0.05, 0) is 103 Å². The molecule has 0 amide bonds. The van der Waals surface area contributed by atoms with Gasteiger partial charge in [0.25, 0.3) is 0 Å². The van der Waals surface area contributed by atoms with Crippen LogP contribution in [0.25, 0.3) is 0 Å². The smallest absolute Gasteiger partial charge is 0.306 e. The van der Waals surface area contributed by atoms with Crippen LogP contribution < -0.4 is 0 Å². The summed E-state index contributed by atoms with van der Waals surface area (Å²) < 4.78 is 16.8. The van der Waals surface area contributed by atoms with Crippen molar-refractivity contribution < 1.29 is 28.6 Å². The number of rotatable bonds is 47. The Labute approximate surface area is 383 Å². The van der Waals surface area contributed by atoms with Gasteiger partial charge in [0.1, 0.15) is 13.2 Å². The highest BCUT2D eigenvalue weighted by atomic mass is 16.6. The molecule has 0 saturated heterocycles. The van der Waals surface area contributed by atoms with Crippen LogP contribution in [0.3, 0.4) is 0 Å². The van der Waals surface area contributed by atoms with E-state index in [0.29, 0.717) is 19.3 Å². The van der Waals surface area contributed by atoms with Gasteiger partial charge in [-0.2, -0.15) is 0 Å². The van der Waals surface area contributed by atoms with Crippen molar-refractivity contribution in [2.24, 2.45) is 0 Å².